The Kier molecular flexibility index (Phi) is 2.62. The first-order valence-corrected chi connectivity index (χ1v) is 5.34. The zero-order chi connectivity index (χ0) is 11.9. The molecule has 88 valence electrons. The first-order valence-electron chi connectivity index (χ1n) is 4.52. The Balaban J connectivity index is 2.65. The Bertz CT molecular complexity index is 516. The van der Waals surface area contributed by atoms with Crippen molar-refractivity contribution in [1.29, 1.82) is 0 Å². The minimum atomic E-state index is -4.46. The first kappa shape index (κ1) is 11.3. The van der Waals surface area contributed by atoms with Gasteiger partial charge in [-0.3, -0.25) is 0 Å². The van der Waals surface area contributed by atoms with Crippen LogP contribution in [0, 0.1) is 0 Å². The molecule has 0 aliphatic carbocycles. The van der Waals surface area contributed by atoms with Crippen LogP contribution in [0.3, 0.4) is 0 Å². The van der Waals surface area contributed by atoms with Crippen molar-refractivity contribution in [2.24, 2.45) is 0 Å². The van der Waals surface area contributed by atoms with Gasteiger partial charge in [-0.1, -0.05) is 18.3 Å². The van der Waals surface area contributed by atoms with Crippen LogP contribution in [0.25, 0.3) is 4.96 Å². The summed E-state index contributed by atoms with van der Waals surface area (Å²) in [5.74, 6) is 0. The highest BCUT2D eigenvalue weighted by molar-refractivity contribution is 7.16. The molecule has 0 spiro atoms. The molecule has 4 nitrogen and oxygen atoms in total. The van der Waals surface area contributed by atoms with Crippen molar-refractivity contribution in [3.8, 4) is 0 Å². The number of halogens is 3. The molecule has 0 bridgehead atoms. The van der Waals surface area contributed by atoms with Gasteiger partial charge < -0.3 is 5.11 Å². The van der Waals surface area contributed by atoms with Crippen LogP contribution in [0.15, 0.2) is 0 Å². The van der Waals surface area contributed by atoms with Crippen molar-refractivity contribution < 1.29 is 18.3 Å². The summed E-state index contributed by atoms with van der Waals surface area (Å²) in [5, 5.41) is 13.0. The molecule has 8 heteroatoms. The van der Waals surface area contributed by atoms with E-state index in [1.54, 1.807) is 6.92 Å². The quantitative estimate of drug-likeness (QED) is 0.886. The number of hydrogen-bond donors (Lipinski definition) is 1. The predicted octanol–water partition coefficient (Wildman–Crippen LogP) is 1.86. The topological polar surface area (TPSA) is 50.4 Å². The molecule has 0 aliphatic heterocycles. The molecule has 0 fully saturated rings. The van der Waals surface area contributed by atoms with Crippen molar-refractivity contribution in [3.05, 3.63) is 16.4 Å². The van der Waals surface area contributed by atoms with E-state index in [9.17, 15) is 13.2 Å². The van der Waals surface area contributed by atoms with E-state index in [2.05, 4.69) is 10.1 Å². The van der Waals surface area contributed by atoms with Crippen molar-refractivity contribution in [1.82, 2.24) is 14.6 Å². The maximum Gasteiger partial charge on any atom is 0.435 e. The van der Waals surface area contributed by atoms with E-state index in [0.717, 1.165) is 15.9 Å². The van der Waals surface area contributed by atoms with E-state index in [0.29, 0.717) is 5.01 Å². The molecule has 0 radical (unpaired) electrons. The monoisotopic (exact) mass is 251 g/mol. The number of fused-ring (bicyclic) bond motifs is 1. The van der Waals surface area contributed by atoms with Crippen LogP contribution in [0.5, 0.6) is 0 Å². The van der Waals surface area contributed by atoms with E-state index in [-0.39, 0.29) is 23.7 Å². The summed E-state index contributed by atoms with van der Waals surface area (Å²) >= 11 is 0.954. The second-order valence-corrected chi connectivity index (χ2v) is 4.15. The lowest BCUT2D eigenvalue weighted by Crippen LogP contribution is -2.10. The van der Waals surface area contributed by atoms with E-state index < -0.39 is 11.9 Å². The maximum absolute atomic E-state index is 12.6. The first-order chi connectivity index (χ1) is 7.47. The largest absolute Gasteiger partial charge is 0.435 e. The van der Waals surface area contributed by atoms with E-state index in [1.807, 2.05) is 0 Å². The fraction of sp³-hybridized carbons (Fsp3) is 0.500. The van der Waals surface area contributed by atoms with Gasteiger partial charge in [0.15, 0.2) is 5.69 Å². The van der Waals surface area contributed by atoms with Crippen LogP contribution in [0.2, 0.25) is 0 Å². The number of rotatable bonds is 2. The molecule has 2 heterocycles. The number of hydrogen-bond acceptors (Lipinski definition) is 4. The fourth-order valence-electron chi connectivity index (χ4n) is 1.44. The van der Waals surface area contributed by atoms with E-state index in [4.69, 9.17) is 5.11 Å². The molecule has 2 aromatic heterocycles. The molecule has 0 unspecified atom stereocenters. The second-order valence-electron chi connectivity index (χ2n) is 3.11. The van der Waals surface area contributed by atoms with Gasteiger partial charge in [0.1, 0.15) is 5.01 Å². The smallest absolute Gasteiger partial charge is 0.389 e. The van der Waals surface area contributed by atoms with E-state index in [1.165, 1.54) is 0 Å². The highest BCUT2D eigenvalue weighted by atomic mass is 32.1. The number of aryl methyl sites for hydroxylation is 1. The zero-order valence-corrected chi connectivity index (χ0v) is 9.06. The molecule has 16 heavy (non-hydrogen) atoms. The number of alkyl halides is 3. The number of nitrogens with zero attached hydrogens (tertiary/aromatic N) is 3. The summed E-state index contributed by atoms with van der Waals surface area (Å²) in [7, 11) is 0. The van der Waals surface area contributed by atoms with Crippen LogP contribution in [-0.2, 0) is 19.2 Å². The minimum absolute atomic E-state index is 0.0263. The van der Waals surface area contributed by atoms with Gasteiger partial charge in [0.25, 0.3) is 0 Å². The van der Waals surface area contributed by atoms with Crippen molar-refractivity contribution in [2.75, 3.05) is 0 Å². The standard InChI is InChI=1S/C8H8F3N3OS/c1-2-4-6(8(9,10)11)12-7-14(4)13-5(3-15)16-7/h15H,2-3H2,1H3. The summed E-state index contributed by atoms with van der Waals surface area (Å²) in [6.07, 6.45) is -4.28. The number of imidazole rings is 1. The Hall–Kier alpha value is -1.15. The highest BCUT2D eigenvalue weighted by Crippen LogP contribution is 2.33. The molecule has 0 atom stereocenters. The number of aromatic nitrogens is 3. The average molecular weight is 251 g/mol. The minimum Gasteiger partial charge on any atom is -0.389 e. The van der Waals surface area contributed by atoms with Crippen LogP contribution in [0.1, 0.15) is 23.3 Å². The van der Waals surface area contributed by atoms with E-state index >= 15 is 0 Å². The molecule has 0 saturated heterocycles. The van der Waals surface area contributed by atoms with Gasteiger partial charge in [-0.15, -0.1) is 0 Å². The molecule has 2 rings (SSSR count). The van der Waals surface area contributed by atoms with Gasteiger partial charge in [-0.2, -0.15) is 18.3 Å². The van der Waals surface area contributed by atoms with Gasteiger partial charge >= 0.3 is 6.18 Å². The van der Waals surface area contributed by atoms with Crippen molar-refractivity contribution in [3.63, 3.8) is 0 Å². The Morgan fingerprint density at radius 1 is 1.44 bits per heavy atom. The molecule has 0 aromatic carbocycles. The van der Waals surface area contributed by atoms with Gasteiger partial charge in [-0.05, 0) is 6.42 Å². The lowest BCUT2D eigenvalue weighted by molar-refractivity contribution is -0.141. The summed E-state index contributed by atoms with van der Waals surface area (Å²) in [5.41, 5.74) is -0.864. The molecular formula is C8H8F3N3OS. The second kappa shape index (κ2) is 3.70. The third kappa shape index (κ3) is 1.67. The maximum atomic E-state index is 12.6. The van der Waals surface area contributed by atoms with Gasteiger partial charge in [-0.25, -0.2) is 9.50 Å². The SMILES string of the molecule is CCc1c(C(F)(F)F)nc2sc(CO)nn12. The van der Waals surface area contributed by atoms with Crippen LogP contribution >= 0.6 is 11.3 Å². The third-order valence-corrected chi connectivity index (χ3v) is 2.97. The molecule has 0 aliphatic rings. The molecule has 0 saturated carbocycles. The molecule has 1 N–H and O–H groups in total. The fourth-order valence-corrected chi connectivity index (χ4v) is 2.21. The molecule has 2 aromatic rings. The summed E-state index contributed by atoms with van der Waals surface area (Å²) in [4.78, 5) is 3.67. The lowest BCUT2D eigenvalue weighted by atomic mass is 10.2. The summed E-state index contributed by atoms with van der Waals surface area (Å²) < 4.78 is 38.9. The number of aliphatic hydroxyl groups is 1. The molecular weight excluding hydrogens is 243 g/mol. The van der Waals surface area contributed by atoms with Gasteiger partial charge in [0.2, 0.25) is 4.96 Å². The third-order valence-electron chi connectivity index (χ3n) is 2.08. The normalized spacial score (nSPS) is 12.6. The average Bonchev–Trinajstić information content (AvgIpc) is 2.71. The molecule has 0 amide bonds. The van der Waals surface area contributed by atoms with Crippen molar-refractivity contribution >= 4 is 16.3 Å². The lowest BCUT2D eigenvalue weighted by Gasteiger charge is -2.04. The Morgan fingerprint density at radius 3 is 2.62 bits per heavy atom. The van der Waals surface area contributed by atoms with Crippen LogP contribution in [0.4, 0.5) is 13.2 Å². The van der Waals surface area contributed by atoms with Gasteiger partial charge in [0, 0.05) is 0 Å². The predicted molar refractivity (Wildman–Crippen MR) is 51.2 cm³/mol. The zero-order valence-electron chi connectivity index (χ0n) is 8.25. The van der Waals surface area contributed by atoms with Crippen LogP contribution < -0.4 is 0 Å². The summed E-state index contributed by atoms with van der Waals surface area (Å²) in [6.45, 7) is 1.31. The van der Waals surface area contributed by atoms with Crippen molar-refractivity contribution in [2.45, 2.75) is 26.1 Å². The van der Waals surface area contributed by atoms with Crippen LogP contribution in [-0.4, -0.2) is 19.7 Å². The Labute approximate surface area is 92.3 Å². The highest BCUT2D eigenvalue weighted by Gasteiger charge is 2.38. The van der Waals surface area contributed by atoms with Gasteiger partial charge in [0.05, 0.1) is 12.3 Å². The Morgan fingerprint density at radius 2 is 2.12 bits per heavy atom. The summed E-state index contributed by atoms with van der Waals surface area (Å²) in [6, 6.07) is 0. The number of aliphatic hydroxyl groups excluding tert-OH is 1.